The first-order valence-corrected chi connectivity index (χ1v) is 6.37. The monoisotopic (exact) mass is 307 g/mol. The van der Waals surface area contributed by atoms with Gasteiger partial charge in [-0.3, -0.25) is 9.89 Å². The fourth-order valence-corrected chi connectivity index (χ4v) is 1.92. The Hall–Kier alpha value is -1.76. The molecule has 1 fully saturated rings. The Balaban J connectivity index is 1.76. The third-order valence-electron chi connectivity index (χ3n) is 2.68. The van der Waals surface area contributed by atoms with Crippen molar-refractivity contribution in [2.75, 3.05) is 5.32 Å². The summed E-state index contributed by atoms with van der Waals surface area (Å²) in [5.74, 6) is 1.06. The smallest absolute Gasteiger partial charge is 0.295 e. The molecule has 7 heteroatoms. The topological polar surface area (TPSA) is 83.6 Å². The molecule has 1 amide bonds. The molecule has 1 saturated carbocycles. The summed E-state index contributed by atoms with van der Waals surface area (Å²) in [4.78, 5) is 20.1. The number of aromatic nitrogens is 4. The largest absolute Gasteiger partial charge is 0.317 e. The number of carbonyl (C=O) groups excluding carboxylic acids is 1. The van der Waals surface area contributed by atoms with Crippen LogP contribution in [0.1, 0.15) is 35.2 Å². The summed E-state index contributed by atoms with van der Waals surface area (Å²) < 4.78 is 0.580. The fraction of sp³-hybridized carbons (Fsp3) is 0.273. The molecule has 1 aliphatic rings. The highest BCUT2D eigenvalue weighted by Gasteiger charge is 2.28. The van der Waals surface area contributed by atoms with E-state index in [1.54, 1.807) is 18.3 Å². The summed E-state index contributed by atoms with van der Waals surface area (Å²) in [6.07, 6.45) is 3.87. The number of hydrogen-bond donors (Lipinski definition) is 2. The molecular weight excluding hydrogens is 298 g/mol. The van der Waals surface area contributed by atoms with Gasteiger partial charge < -0.3 is 5.32 Å². The first-order chi connectivity index (χ1) is 8.74. The second kappa shape index (κ2) is 4.49. The van der Waals surface area contributed by atoms with E-state index in [2.05, 4.69) is 41.4 Å². The minimum Gasteiger partial charge on any atom is -0.317 e. The Morgan fingerprint density at radius 2 is 2.33 bits per heavy atom. The van der Waals surface area contributed by atoms with Gasteiger partial charge in [0.25, 0.3) is 5.91 Å². The number of nitrogens with one attached hydrogen (secondary N) is 2. The van der Waals surface area contributed by atoms with Crippen LogP contribution in [-0.4, -0.2) is 26.1 Å². The van der Waals surface area contributed by atoms with Gasteiger partial charge in [0.1, 0.15) is 10.4 Å². The Kier molecular flexibility index (Phi) is 2.83. The molecule has 0 spiro atoms. The van der Waals surface area contributed by atoms with Crippen molar-refractivity contribution in [1.29, 1.82) is 0 Å². The first kappa shape index (κ1) is 11.3. The Morgan fingerprint density at radius 1 is 1.50 bits per heavy atom. The maximum absolute atomic E-state index is 11.9. The summed E-state index contributed by atoms with van der Waals surface area (Å²) in [5, 5.41) is 9.42. The zero-order valence-electron chi connectivity index (χ0n) is 9.35. The molecule has 0 unspecified atom stereocenters. The standard InChI is InChI=1S/C11H10BrN5O/c12-8-7(2-1-5-13-8)14-11(18)10-15-9(16-17-10)6-3-4-6/h1-2,5-6H,3-4H2,(H,14,18)(H,15,16,17). The SMILES string of the molecule is O=C(Nc1cccnc1Br)c1n[nH]c(C2CC2)n1. The van der Waals surface area contributed by atoms with Gasteiger partial charge in [-0.1, -0.05) is 0 Å². The Bertz CT molecular complexity index is 593. The highest BCUT2D eigenvalue weighted by molar-refractivity contribution is 9.10. The van der Waals surface area contributed by atoms with E-state index < -0.39 is 0 Å². The molecule has 2 N–H and O–H groups in total. The van der Waals surface area contributed by atoms with E-state index in [4.69, 9.17) is 0 Å². The van der Waals surface area contributed by atoms with E-state index >= 15 is 0 Å². The van der Waals surface area contributed by atoms with Gasteiger partial charge in [0.05, 0.1) is 5.69 Å². The number of halogens is 1. The zero-order valence-corrected chi connectivity index (χ0v) is 10.9. The van der Waals surface area contributed by atoms with Crippen molar-refractivity contribution in [3.05, 3.63) is 34.6 Å². The van der Waals surface area contributed by atoms with Crippen molar-refractivity contribution in [3.8, 4) is 0 Å². The van der Waals surface area contributed by atoms with Gasteiger partial charge in [0.2, 0.25) is 5.82 Å². The minimum absolute atomic E-state index is 0.160. The fourth-order valence-electron chi connectivity index (χ4n) is 1.57. The molecule has 0 aromatic carbocycles. The maximum atomic E-state index is 11.9. The number of carbonyl (C=O) groups is 1. The van der Waals surface area contributed by atoms with Crippen LogP contribution in [0.3, 0.4) is 0 Å². The number of rotatable bonds is 3. The molecule has 3 rings (SSSR count). The molecule has 0 saturated heterocycles. The molecular formula is C11H10BrN5O. The van der Waals surface area contributed by atoms with E-state index in [-0.39, 0.29) is 11.7 Å². The second-order valence-corrected chi connectivity index (χ2v) is 4.87. The van der Waals surface area contributed by atoms with E-state index in [0.29, 0.717) is 16.2 Å². The average Bonchev–Trinajstić information content (AvgIpc) is 3.10. The molecule has 1 aliphatic carbocycles. The highest BCUT2D eigenvalue weighted by atomic mass is 79.9. The van der Waals surface area contributed by atoms with E-state index in [1.165, 1.54) is 0 Å². The maximum Gasteiger partial charge on any atom is 0.295 e. The second-order valence-electron chi connectivity index (χ2n) is 4.11. The van der Waals surface area contributed by atoms with Crippen LogP contribution in [0, 0.1) is 0 Å². The summed E-state index contributed by atoms with van der Waals surface area (Å²) in [6, 6.07) is 3.50. The number of H-pyrrole nitrogens is 1. The number of nitrogens with zero attached hydrogens (tertiary/aromatic N) is 3. The molecule has 2 aromatic rings. The summed E-state index contributed by atoms with van der Waals surface area (Å²) in [6.45, 7) is 0. The average molecular weight is 308 g/mol. The van der Waals surface area contributed by atoms with Crippen LogP contribution in [0.2, 0.25) is 0 Å². The molecule has 0 aliphatic heterocycles. The lowest BCUT2D eigenvalue weighted by Gasteiger charge is -2.03. The summed E-state index contributed by atoms with van der Waals surface area (Å²) in [7, 11) is 0. The van der Waals surface area contributed by atoms with Crippen LogP contribution in [0.5, 0.6) is 0 Å². The molecule has 18 heavy (non-hydrogen) atoms. The molecule has 0 bridgehead atoms. The van der Waals surface area contributed by atoms with E-state index in [9.17, 15) is 4.79 Å². The minimum atomic E-state index is -0.341. The summed E-state index contributed by atoms with van der Waals surface area (Å²) >= 11 is 3.26. The number of amides is 1. The third-order valence-corrected chi connectivity index (χ3v) is 3.31. The van der Waals surface area contributed by atoms with Gasteiger partial charge in [-0.2, -0.15) is 0 Å². The van der Waals surface area contributed by atoms with Crippen molar-refractivity contribution < 1.29 is 4.79 Å². The molecule has 2 heterocycles. The lowest BCUT2D eigenvalue weighted by molar-refractivity contribution is 0.101. The number of aromatic amines is 1. The molecule has 2 aromatic heterocycles. The number of pyridine rings is 1. The number of hydrogen-bond acceptors (Lipinski definition) is 4. The van der Waals surface area contributed by atoms with Crippen molar-refractivity contribution in [3.63, 3.8) is 0 Å². The van der Waals surface area contributed by atoms with Gasteiger partial charge in [0.15, 0.2) is 0 Å². The number of anilines is 1. The van der Waals surface area contributed by atoms with Crippen molar-refractivity contribution in [2.45, 2.75) is 18.8 Å². The van der Waals surface area contributed by atoms with Crippen LogP contribution in [0.4, 0.5) is 5.69 Å². The Labute approximate surface area is 111 Å². The van der Waals surface area contributed by atoms with Crippen molar-refractivity contribution in [2.24, 2.45) is 0 Å². The third kappa shape index (κ3) is 2.26. The van der Waals surface area contributed by atoms with Crippen LogP contribution >= 0.6 is 15.9 Å². The Morgan fingerprint density at radius 3 is 3.06 bits per heavy atom. The predicted molar refractivity (Wildman–Crippen MR) is 68.2 cm³/mol. The van der Waals surface area contributed by atoms with Gasteiger partial charge in [-0.25, -0.2) is 9.97 Å². The first-order valence-electron chi connectivity index (χ1n) is 5.58. The van der Waals surface area contributed by atoms with E-state index in [1.807, 2.05) is 0 Å². The lowest BCUT2D eigenvalue weighted by Crippen LogP contribution is -2.14. The van der Waals surface area contributed by atoms with E-state index in [0.717, 1.165) is 18.7 Å². The normalized spacial score (nSPS) is 14.5. The van der Waals surface area contributed by atoms with Gasteiger partial charge >= 0.3 is 0 Å². The van der Waals surface area contributed by atoms with Gasteiger partial charge in [-0.05, 0) is 40.9 Å². The summed E-state index contributed by atoms with van der Waals surface area (Å²) in [5.41, 5.74) is 0.597. The van der Waals surface area contributed by atoms with Crippen molar-refractivity contribution >= 4 is 27.5 Å². The van der Waals surface area contributed by atoms with Crippen LogP contribution in [0.25, 0.3) is 0 Å². The molecule has 0 atom stereocenters. The van der Waals surface area contributed by atoms with Crippen LogP contribution in [0.15, 0.2) is 22.9 Å². The van der Waals surface area contributed by atoms with Gasteiger partial charge in [-0.15, -0.1) is 5.10 Å². The van der Waals surface area contributed by atoms with Crippen LogP contribution in [-0.2, 0) is 0 Å². The van der Waals surface area contributed by atoms with Crippen molar-refractivity contribution in [1.82, 2.24) is 20.2 Å². The highest BCUT2D eigenvalue weighted by Crippen LogP contribution is 2.37. The van der Waals surface area contributed by atoms with Gasteiger partial charge in [0, 0.05) is 12.1 Å². The lowest BCUT2D eigenvalue weighted by atomic mass is 10.4. The van der Waals surface area contributed by atoms with Crippen LogP contribution < -0.4 is 5.32 Å². The molecule has 6 nitrogen and oxygen atoms in total. The molecule has 0 radical (unpaired) electrons. The predicted octanol–water partition coefficient (Wildman–Crippen LogP) is 2.09. The quantitative estimate of drug-likeness (QED) is 0.851. The zero-order chi connectivity index (χ0) is 12.5. The molecule has 92 valence electrons.